The van der Waals surface area contributed by atoms with Gasteiger partial charge in [0.2, 0.25) is 10.0 Å². The molecule has 1 fully saturated rings. The minimum absolute atomic E-state index is 0.155. The number of aryl methyl sites for hydroxylation is 1. The molecule has 3 rings (SSSR count). The van der Waals surface area contributed by atoms with Gasteiger partial charge in [-0.3, -0.25) is 0 Å². The monoisotopic (exact) mass is 379 g/mol. The molecule has 1 aliphatic rings. The van der Waals surface area contributed by atoms with Gasteiger partial charge in [0.25, 0.3) is 0 Å². The highest BCUT2D eigenvalue weighted by atomic mass is 32.2. The van der Waals surface area contributed by atoms with Crippen molar-refractivity contribution in [2.75, 3.05) is 50.1 Å². The Morgan fingerprint density at radius 1 is 1.04 bits per heavy atom. The summed E-state index contributed by atoms with van der Waals surface area (Å²) in [5.74, 6) is 1.05. The van der Waals surface area contributed by atoms with Crippen molar-refractivity contribution in [1.82, 2.24) is 14.5 Å². The van der Waals surface area contributed by atoms with Crippen LogP contribution in [0, 0.1) is 12.7 Å². The molecule has 9 heteroatoms. The van der Waals surface area contributed by atoms with Gasteiger partial charge in [0.15, 0.2) is 11.6 Å². The van der Waals surface area contributed by atoms with Crippen LogP contribution >= 0.6 is 0 Å². The highest BCUT2D eigenvalue weighted by molar-refractivity contribution is 7.89. The van der Waals surface area contributed by atoms with Crippen LogP contribution in [0.2, 0.25) is 0 Å². The maximum Gasteiger partial charge on any atom is 0.243 e. The first-order valence-corrected chi connectivity index (χ1v) is 9.75. The largest absolute Gasteiger partial charge is 0.361 e. The molecule has 1 saturated heterocycles. The predicted molar refractivity (Wildman–Crippen MR) is 98.5 cm³/mol. The average molecular weight is 379 g/mol. The molecule has 0 radical (unpaired) electrons. The van der Waals surface area contributed by atoms with Crippen LogP contribution in [0.5, 0.6) is 0 Å². The van der Waals surface area contributed by atoms with Gasteiger partial charge in [0, 0.05) is 40.3 Å². The molecule has 0 atom stereocenters. The van der Waals surface area contributed by atoms with Gasteiger partial charge in [-0.1, -0.05) is 0 Å². The third-order valence-electron chi connectivity index (χ3n) is 4.41. The summed E-state index contributed by atoms with van der Waals surface area (Å²) in [5, 5.41) is 8.37. The lowest BCUT2D eigenvalue weighted by Gasteiger charge is -2.34. The van der Waals surface area contributed by atoms with E-state index < -0.39 is 15.8 Å². The standard InChI is InChI=1S/C17H22FN5O2S/c1-13-12-14(18)4-5-15(13)26(24,25)23-10-8-22(9-11-23)17-7-6-16(19-20-17)21(2)3/h4-7,12H,8-11H2,1-3H3. The number of piperazine rings is 1. The molecule has 26 heavy (non-hydrogen) atoms. The first kappa shape index (κ1) is 18.5. The molecule has 0 aliphatic carbocycles. The van der Waals surface area contributed by atoms with Crippen LogP contribution in [0.4, 0.5) is 16.0 Å². The van der Waals surface area contributed by atoms with Crippen LogP contribution in [-0.2, 0) is 10.0 Å². The fourth-order valence-corrected chi connectivity index (χ4v) is 4.55. The Bertz CT molecular complexity index is 879. The van der Waals surface area contributed by atoms with E-state index in [4.69, 9.17) is 0 Å². The van der Waals surface area contributed by atoms with Gasteiger partial charge in [-0.05, 0) is 42.8 Å². The summed E-state index contributed by atoms with van der Waals surface area (Å²) in [7, 11) is 0.151. The maximum absolute atomic E-state index is 13.3. The molecular weight excluding hydrogens is 357 g/mol. The fraction of sp³-hybridized carbons (Fsp3) is 0.412. The molecule has 0 saturated carbocycles. The Morgan fingerprint density at radius 2 is 1.73 bits per heavy atom. The van der Waals surface area contributed by atoms with Gasteiger partial charge in [-0.25, -0.2) is 12.8 Å². The molecule has 2 heterocycles. The van der Waals surface area contributed by atoms with Crippen molar-refractivity contribution in [2.24, 2.45) is 0 Å². The summed E-state index contributed by atoms with van der Waals surface area (Å²) in [6.45, 7) is 3.34. The second kappa shape index (κ2) is 7.16. The lowest BCUT2D eigenvalue weighted by atomic mass is 10.2. The van der Waals surface area contributed by atoms with E-state index in [1.54, 1.807) is 6.92 Å². The number of halogens is 1. The second-order valence-corrected chi connectivity index (χ2v) is 8.35. The summed E-state index contributed by atoms with van der Waals surface area (Å²) in [6, 6.07) is 7.52. The molecule has 140 valence electrons. The smallest absolute Gasteiger partial charge is 0.243 e. The Kier molecular flexibility index (Phi) is 5.10. The molecule has 1 aliphatic heterocycles. The van der Waals surface area contributed by atoms with Crippen molar-refractivity contribution < 1.29 is 12.8 Å². The van der Waals surface area contributed by atoms with Crippen LogP contribution in [0.25, 0.3) is 0 Å². The highest BCUT2D eigenvalue weighted by Gasteiger charge is 2.30. The highest BCUT2D eigenvalue weighted by Crippen LogP contribution is 2.23. The summed E-state index contributed by atoms with van der Waals surface area (Å²) in [4.78, 5) is 4.03. The fourth-order valence-electron chi connectivity index (χ4n) is 2.92. The van der Waals surface area contributed by atoms with E-state index in [-0.39, 0.29) is 4.90 Å². The third-order valence-corrected chi connectivity index (χ3v) is 6.47. The zero-order valence-electron chi connectivity index (χ0n) is 15.1. The lowest BCUT2D eigenvalue weighted by molar-refractivity contribution is 0.383. The minimum Gasteiger partial charge on any atom is -0.361 e. The predicted octanol–water partition coefficient (Wildman–Crippen LogP) is 1.50. The van der Waals surface area contributed by atoms with E-state index in [0.29, 0.717) is 31.7 Å². The van der Waals surface area contributed by atoms with Crippen LogP contribution in [-0.4, -0.2) is 63.2 Å². The molecule has 7 nitrogen and oxygen atoms in total. The zero-order chi connectivity index (χ0) is 18.9. The number of hydrogen-bond donors (Lipinski definition) is 0. The van der Waals surface area contributed by atoms with Crippen LogP contribution in [0.15, 0.2) is 35.2 Å². The van der Waals surface area contributed by atoms with Crippen molar-refractivity contribution in [2.45, 2.75) is 11.8 Å². The van der Waals surface area contributed by atoms with Gasteiger partial charge in [0.1, 0.15) is 5.82 Å². The summed E-state index contributed by atoms with van der Waals surface area (Å²) < 4.78 is 40.4. The molecule has 0 unspecified atom stereocenters. The van der Waals surface area contributed by atoms with Crippen molar-refractivity contribution in [1.29, 1.82) is 0 Å². The SMILES string of the molecule is Cc1cc(F)ccc1S(=O)(=O)N1CCN(c2ccc(N(C)C)nn2)CC1. The van der Waals surface area contributed by atoms with E-state index in [0.717, 1.165) is 11.6 Å². The topological polar surface area (TPSA) is 69.6 Å². The van der Waals surface area contributed by atoms with E-state index in [1.165, 1.54) is 22.5 Å². The van der Waals surface area contributed by atoms with E-state index in [2.05, 4.69) is 10.2 Å². The normalized spacial score (nSPS) is 15.9. The molecule has 1 aromatic carbocycles. The molecule has 0 bridgehead atoms. The number of benzene rings is 1. The van der Waals surface area contributed by atoms with Crippen molar-refractivity contribution in [3.63, 3.8) is 0 Å². The molecular formula is C17H22FN5O2S. The van der Waals surface area contributed by atoms with Gasteiger partial charge in [0.05, 0.1) is 4.90 Å². The Morgan fingerprint density at radius 3 is 2.27 bits per heavy atom. The van der Waals surface area contributed by atoms with Gasteiger partial charge < -0.3 is 9.80 Å². The Balaban J connectivity index is 1.71. The van der Waals surface area contributed by atoms with Crippen LogP contribution < -0.4 is 9.80 Å². The average Bonchev–Trinajstić information content (AvgIpc) is 2.61. The van der Waals surface area contributed by atoms with E-state index >= 15 is 0 Å². The number of hydrogen-bond acceptors (Lipinski definition) is 6. The first-order chi connectivity index (χ1) is 12.3. The molecule has 0 amide bonds. The Hall–Kier alpha value is -2.26. The van der Waals surface area contributed by atoms with Gasteiger partial charge >= 0.3 is 0 Å². The van der Waals surface area contributed by atoms with E-state index in [1.807, 2.05) is 36.0 Å². The first-order valence-electron chi connectivity index (χ1n) is 8.31. The van der Waals surface area contributed by atoms with Gasteiger partial charge in [-0.15, -0.1) is 10.2 Å². The molecule has 2 aromatic rings. The molecule has 0 spiro atoms. The number of anilines is 2. The summed E-state index contributed by atoms with van der Waals surface area (Å²) in [5.41, 5.74) is 0.414. The third kappa shape index (κ3) is 3.63. The summed E-state index contributed by atoms with van der Waals surface area (Å²) >= 11 is 0. The second-order valence-electron chi connectivity index (χ2n) is 6.45. The number of nitrogens with zero attached hydrogens (tertiary/aromatic N) is 5. The quantitative estimate of drug-likeness (QED) is 0.802. The van der Waals surface area contributed by atoms with Crippen molar-refractivity contribution in [3.8, 4) is 0 Å². The lowest BCUT2D eigenvalue weighted by Crippen LogP contribution is -2.49. The van der Waals surface area contributed by atoms with Crippen molar-refractivity contribution in [3.05, 3.63) is 41.7 Å². The van der Waals surface area contributed by atoms with E-state index in [9.17, 15) is 12.8 Å². The molecule has 1 aromatic heterocycles. The molecule has 0 N–H and O–H groups in total. The number of sulfonamides is 1. The number of rotatable bonds is 4. The number of aromatic nitrogens is 2. The van der Waals surface area contributed by atoms with Crippen LogP contribution in [0.1, 0.15) is 5.56 Å². The minimum atomic E-state index is -3.64. The maximum atomic E-state index is 13.3. The van der Waals surface area contributed by atoms with Crippen LogP contribution in [0.3, 0.4) is 0 Å². The zero-order valence-corrected chi connectivity index (χ0v) is 15.9. The van der Waals surface area contributed by atoms with Gasteiger partial charge in [-0.2, -0.15) is 4.31 Å². The van der Waals surface area contributed by atoms with Crippen molar-refractivity contribution >= 4 is 21.7 Å². The summed E-state index contributed by atoms with van der Waals surface area (Å²) in [6.07, 6.45) is 0. The Labute approximate surface area is 153 Å².